The summed E-state index contributed by atoms with van der Waals surface area (Å²) in [4.78, 5) is 11.2. The van der Waals surface area contributed by atoms with Crippen LogP contribution in [0.4, 0.5) is 4.39 Å². The van der Waals surface area contributed by atoms with Crippen LogP contribution in [0.1, 0.15) is 21.9 Å². The number of carbonyl (C=O) groups is 1. The smallest absolute Gasteiger partial charge is 0.373 e. The number of ether oxygens (including phenoxy) is 1. The van der Waals surface area contributed by atoms with Crippen LogP contribution in [0.5, 0.6) is 0 Å². The maximum Gasteiger partial charge on any atom is 0.373 e. The summed E-state index contributed by atoms with van der Waals surface area (Å²) in [5.74, 6) is 0.125. The molecule has 0 amide bonds. The van der Waals surface area contributed by atoms with Gasteiger partial charge in [-0.25, -0.2) is 9.18 Å². The van der Waals surface area contributed by atoms with E-state index in [1.165, 1.54) is 13.2 Å². The minimum absolute atomic E-state index is 0.179. The summed E-state index contributed by atoms with van der Waals surface area (Å²) in [6.07, 6.45) is 0.594. The van der Waals surface area contributed by atoms with E-state index in [2.05, 4.69) is 10.1 Å². The Morgan fingerprint density at radius 1 is 1.30 bits per heavy atom. The monoisotopic (exact) mass is 277 g/mol. The van der Waals surface area contributed by atoms with Gasteiger partial charge in [0.15, 0.2) is 0 Å². The Bertz CT molecular complexity index is 580. The molecule has 0 unspecified atom stereocenters. The maximum absolute atomic E-state index is 13.4. The minimum Gasteiger partial charge on any atom is -0.463 e. The van der Waals surface area contributed by atoms with Crippen LogP contribution in [0.3, 0.4) is 0 Å². The average Bonchev–Trinajstić information content (AvgIpc) is 2.93. The Labute approximate surface area is 116 Å². The lowest BCUT2D eigenvalue weighted by Crippen LogP contribution is -2.16. The fourth-order valence-electron chi connectivity index (χ4n) is 1.82. The van der Waals surface area contributed by atoms with Crippen LogP contribution < -0.4 is 5.32 Å². The van der Waals surface area contributed by atoms with E-state index in [0.29, 0.717) is 30.8 Å². The number of hydrogen-bond donors (Lipinski definition) is 1. The molecule has 0 saturated carbocycles. The van der Waals surface area contributed by atoms with Crippen LogP contribution >= 0.6 is 0 Å². The van der Waals surface area contributed by atoms with Gasteiger partial charge in [0.25, 0.3) is 0 Å². The quantitative estimate of drug-likeness (QED) is 0.651. The van der Waals surface area contributed by atoms with Gasteiger partial charge in [-0.1, -0.05) is 18.2 Å². The second-order valence-electron chi connectivity index (χ2n) is 4.28. The predicted molar refractivity (Wildman–Crippen MR) is 71.9 cm³/mol. The lowest BCUT2D eigenvalue weighted by Gasteiger charge is -2.04. The predicted octanol–water partition coefficient (Wildman–Crippen LogP) is 2.54. The third kappa shape index (κ3) is 3.68. The normalized spacial score (nSPS) is 10.5. The van der Waals surface area contributed by atoms with E-state index in [-0.39, 0.29) is 11.6 Å². The molecular weight excluding hydrogens is 261 g/mol. The molecule has 0 atom stereocenters. The van der Waals surface area contributed by atoms with Crippen molar-refractivity contribution in [2.45, 2.75) is 13.0 Å². The maximum atomic E-state index is 13.4. The summed E-state index contributed by atoms with van der Waals surface area (Å²) in [6.45, 7) is 1.10. The standard InChI is InChI=1S/C15H16FNO3/c1-19-15(18)14-7-6-12(20-14)10-17-9-8-11-4-2-3-5-13(11)16/h2-7,17H,8-10H2,1H3. The molecule has 0 spiro atoms. The van der Waals surface area contributed by atoms with Crippen LogP contribution in [0.15, 0.2) is 40.8 Å². The molecule has 20 heavy (non-hydrogen) atoms. The third-order valence-electron chi connectivity index (χ3n) is 2.88. The molecule has 1 aromatic heterocycles. The molecule has 0 bridgehead atoms. The molecule has 0 fully saturated rings. The third-order valence-corrected chi connectivity index (χ3v) is 2.88. The van der Waals surface area contributed by atoms with Crippen molar-refractivity contribution < 1.29 is 18.3 Å². The molecule has 1 N–H and O–H groups in total. The molecule has 1 heterocycles. The summed E-state index contributed by atoms with van der Waals surface area (Å²) in [5.41, 5.74) is 0.676. The Balaban J connectivity index is 1.77. The van der Waals surface area contributed by atoms with Crippen molar-refractivity contribution in [2.24, 2.45) is 0 Å². The lowest BCUT2D eigenvalue weighted by molar-refractivity contribution is 0.0563. The van der Waals surface area contributed by atoms with Crippen LogP contribution in [0.2, 0.25) is 0 Å². The fourth-order valence-corrected chi connectivity index (χ4v) is 1.82. The SMILES string of the molecule is COC(=O)c1ccc(CNCCc2ccccc2F)o1. The van der Waals surface area contributed by atoms with E-state index in [1.807, 2.05) is 6.07 Å². The first-order chi connectivity index (χ1) is 9.70. The van der Waals surface area contributed by atoms with E-state index in [4.69, 9.17) is 4.42 Å². The first-order valence-corrected chi connectivity index (χ1v) is 6.32. The minimum atomic E-state index is -0.498. The molecule has 2 aromatic rings. The number of nitrogens with one attached hydrogen (secondary N) is 1. The average molecular weight is 277 g/mol. The number of esters is 1. The fraction of sp³-hybridized carbons (Fsp3) is 0.267. The molecular formula is C15H16FNO3. The highest BCUT2D eigenvalue weighted by molar-refractivity contribution is 5.86. The number of halogens is 1. The second kappa shape index (κ2) is 6.86. The highest BCUT2D eigenvalue weighted by Crippen LogP contribution is 2.09. The van der Waals surface area contributed by atoms with Crippen LogP contribution in [-0.2, 0) is 17.7 Å². The summed E-state index contributed by atoms with van der Waals surface area (Å²) in [6, 6.07) is 9.98. The zero-order valence-electron chi connectivity index (χ0n) is 11.2. The Hall–Kier alpha value is -2.14. The Morgan fingerprint density at radius 3 is 2.85 bits per heavy atom. The van der Waals surface area contributed by atoms with E-state index in [9.17, 15) is 9.18 Å². The first kappa shape index (κ1) is 14.3. The van der Waals surface area contributed by atoms with Crippen molar-refractivity contribution in [1.29, 1.82) is 0 Å². The van der Waals surface area contributed by atoms with E-state index in [1.54, 1.807) is 24.3 Å². The number of benzene rings is 1. The van der Waals surface area contributed by atoms with E-state index >= 15 is 0 Å². The van der Waals surface area contributed by atoms with Gasteiger partial charge in [-0.15, -0.1) is 0 Å². The van der Waals surface area contributed by atoms with Gasteiger partial charge in [0, 0.05) is 0 Å². The zero-order chi connectivity index (χ0) is 14.4. The highest BCUT2D eigenvalue weighted by Gasteiger charge is 2.10. The summed E-state index contributed by atoms with van der Waals surface area (Å²) < 4.78 is 23.2. The van der Waals surface area contributed by atoms with Crippen LogP contribution in [0.25, 0.3) is 0 Å². The number of hydrogen-bond acceptors (Lipinski definition) is 4. The zero-order valence-corrected chi connectivity index (χ0v) is 11.2. The highest BCUT2D eigenvalue weighted by atomic mass is 19.1. The van der Waals surface area contributed by atoms with Gasteiger partial charge < -0.3 is 14.5 Å². The number of methoxy groups -OCH3 is 1. The molecule has 0 radical (unpaired) electrons. The lowest BCUT2D eigenvalue weighted by atomic mass is 10.1. The van der Waals surface area contributed by atoms with Gasteiger partial charge in [0.05, 0.1) is 13.7 Å². The van der Waals surface area contributed by atoms with Crippen molar-refractivity contribution in [2.75, 3.05) is 13.7 Å². The Morgan fingerprint density at radius 2 is 2.10 bits per heavy atom. The number of carbonyl (C=O) groups excluding carboxylic acids is 1. The van der Waals surface area contributed by atoms with Gasteiger partial charge in [-0.2, -0.15) is 0 Å². The summed E-state index contributed by atoms with van der Waals surface area (Å²) >= 11 is 0. The summed E-state index contributed by atoms with van der Waals surface area (Å²) in [7, 11) is 1.30. The second-order valence-corrected chi connectivity index (χ2v) is 4.28. The molecule has 4 nitrogen and oxygen atoms in total. The number of rotatable bonds is 6. The van der Waals surface area contributed by atoms with E-state index < -0.39 is 5.97 Å². The summed E-state index contributed by atoms with van der Waals surface area (Å²) in [5, 5.41) is 3.14. The van der Waals surface area contributed by atoms with Crippen LogP contribution in [-0.4, -0.2) is 19.6 Å². The van der Waals surface area contributed by atoms with Crippen molar-refractivity contribution >= 4 is 5.97 Å². The van der Waals surface area contributed by atoms with Gasteiger partial charge in [-0.3, -0.25) is 0 Å². The largest absolute Gasteiger partial charge is 0.463 e. The molecule has 5 heteroatoms. The topological polar surface area (TPSA) is 51.5 Å². The van der Waals surface area contributed by atoms with Crippen LogP contribution in [0, 0.1) is 5.82 Å². The van der Waals surface area contributed by atoms with Gasteiger partial charge in [0.2, 0.25) is 5.76 Å². The molecule has 0 saturated heterocycles. The Kier molecular flexibility index (Phi) is 4.90. The van der Waals surface area contributed by atoms with Crippen molar-refractivity contribution in [3.8, 4) is 0 Å². The molecule has 106 valence electrons. The van der Waals surface area contributed by atoms with Crippen molar-refractivity contribution in [1.82, 2.24) is 5.32 Å². The van der Waals surface area contributed by atoms with Gasteiger partial charge in [-0.05, 0) is 36.7 Å². The van der Waals surface area contributed by atoms with Crippen molar-refractivity contribution in [3.63, 3.8) is 0 Å². The number of furan rings is 1. The van der Waals surface area contributed by atoms with Gasteiger partial charge >= 0.3 is 5.97 Å². The molecule has 0 aliphatic rings. The molecule has 0 aliphatic heterocycles. The first-order valence-electron chi connectivity index (χ1n) is 6.32. The molecule has 1 aromatic carbocycles. The molecule has 2 rings (SSSR count). The van der Waals surface area contributed by atoms with Gasteiger partial charge in [0.1, 0.15) is 11.6 Å². The molecule has 0 aliphatic carbocycles. The van der Waals surface area contributed by atoms with E-state index in [0.717, 1.165) is 0 Å². The van der Waals surface area contributed by atoms with Crippen molar-refractivity contribution in [3.05, 3.63) is 59.3 Å².